The Kier molecular flexibility index (Phi) is 5.16. The third kappa shape index (κ3) is 3.20. The summed E-state index contributed by atoms with van der Waals surface area (Å²) in [6.45, 7) is 2.09. The van der Waals surface area contributed by atoms with Crippen LogP contribution in [0.4, 0.5) is 0 Å². The van der Waals surface area contributed by atoms with Gasteiger partial charge in [-0.2, -0.15) is 0 Å². The van der Waals surface area contributed by atoms with Gasteiger partial charge in [0.2, 0.25) is 0 Å². The number of aromatic nitrogens is 1. The first kappa shape index (κ1) is 15.4. The van der Waals surface area contributed by atoms with Gasteiger partial charge in [0.25, 0.3) is 0 Å². The number of nitrogens with zero attached hydrogens (tertiary/aromatic N) is 1. The number of carbonyl (C=O) groups excluding carboxylic acids is 1. The Balaban J connectivity index is 2.33. The van der Waals surface area contributed by atoms with Gasteiger partial charge in [-0.25, -0.2) is 9.78 Å². The molecule has 112 valence electrons. The number of aryl methyl sites for hydroxylation is 1. The molecule has 1 aromatic heterocycles. The Hall–Kier alpha value is -0.940. The summed E-state index contributed by atoms with van der Waals surface area (Å²) < 4.78 is 4.87. The van der Waals surface area contributed by atoms with Gasteiger partial charge in [0.1, 0.15) is 9.88 Å². The number of methoxy groups -OCH3 is 1. The molecule has 0 amide bonds. The highest BCUT2D eigenvalue weighted by Gasteiger charge is 2.33. The SMILES string of the molecule is CCCc1nc(C2(N)CCCCCC2)sc1C(=O)OC. The molecule has 0 unspecified atom stereocenters. The zero-order valence-electron chi connectivity index (χ0n) is 12.4. The van der Waals surface area contributed by atoms with E-state index in [4.69, 9.17) is 15.5 Å². The molecule has 20 heavy (non-hydrogen) atoms. The standard InChI is InChI=1S/C15H24N2O2S/c1-3-8-11-12(13(18)19-2)20-14(17-11)15(16)9-6-4-5-7-10-15/h3-10,16H2,1-2H3. The maximum atomic E-state index is 11.9. The maximum Gasteiger partial charge on any atom is 0.349 e. The smallest absolute Gasteiger partial charge is 0.349 e. The molecule has 0 aliphatic heterocycles. The quantitative estimate of drug-likeness (QED) is 0.683. The maximum absolute atomic E-state index is 11.9. The number of hydrogen-bond acceptors (Lipinski definition) is 5. The molecule has 1 aromatic rings. The van der Waals surface area contributed by atoms with E-state index < -0.39 is 0 Å². The molecule has 0 radical (unpaired) electrons. The van der Waals surface area contributed by atoms with Gasteiger partial charge in [0, 0.05) is 0 Å². The lowest BCUT2D eigenvalue weighted by Gasteiger charge is -2.25. The van der Waals surface area contributed by atoms with Crippen LogP contribution in [0.5, 0.6) is 0 Å². The molecule has 2 rings (SSSR count). The van der Waals surface area contributed by atoms with Crippen LogP contribution in [-0.4, -0.2) is 18.1 Å². The summed E-state index contributed by atoms with van der Waals surface area (Å²) >= 11 is 1.44. The van der Waals surface area contributed by atoms with E-state index in [9.17, 15) is 4.79 Å². The van der Waals surface area contributed by atoms with Crippen LogP contribution >= 0.6 is 11.3 Å². The van der Waals surface area contributed by atoms with Gasteiger partial charge in [0.15, 0.2) is 0 Å². The Morgan fingerprint density at radius 3 is 2.55 bits per heavy atom. The largest absolute Gasteiger partial charge is 0.465 e. The van der Waals surface area contributed by atoms with Crippen molar-refractivity contribution in [2.24, 2.45) is 5.73 Å². The second-order valence-electron chi connectivity index (χ2n) is 5.61. The number of hydrogen-bond donors (Lipinski definition) is 1. The molecule has 0 saturated heterocycles. The van der Waals surface area contributed by atoms with Crippen molar-refractivity contribution in [2.45, 2.75) is 63.8 Å². The van der Waals surface area contributed by atoms with E-state index in [2.05, 4.69) is 6.92 Å². The van der Waals surface area contributed by atoms with E-state index in [-0.39, 0.29) is 11.5 Å². The summed E-state index contributed by atoms with van der Waals surface area (Å²) in [5, 5.41) is 0.920. The summed E-state index contributed by atoms with van der Waals surface area (Å²) in [5.74, 6) is -0.283. The molecule has 2 N–H and O–H groups in total. The van der Waals surface area contributed by atoms with Crippen LogP contribution < -0.4 is 5.73 Å². The highest BCUT2D eigenvalue weighted by Crippen LogP contribution is 2.37. The van der Waals surface area contributed by atoms with Crippen molar-refractivity contribution < 1.29 is 9.53 Å². The Morgan fingerprint density at radius 1 is 1.35 bits per heavy atom. The first-order valence-corrected chi connectivity index (χ1v) is 8.29. The van der Waals surface area contributed by atoms with Gasteiger partial charge in [-0.15, -0.1) is 11.3 Å². The zero-order chi connectivity index (χ0) is 14.6. The minimum Gasteiger partial charge on any atom is -0.465 e. The van der Waals surface area contributed by atoms with Crippen molar-refractivity contribution >= 4 is 17.3 Å². The fraction of sp³-hybridized carbons (Fsp3) is 0.733. The van der Waals surface area contributed by atoms with Crippen LogP contribution in [0, 0.1) is 0 Å². The minimum atomic E-state index is -0.351. The highest BCUT2D eigenvalue weighted by atomic mass is 32.1. The fourth-order valence-electron chi connectivity index (χ4n) is 2.80. The lowest BCUT2D eigenvalue weighted by atomic mass is 9.92. The van der Waals surface area contributed by atoms with Crippen LogP contribution in [-0.2, 0) is 16.7 Å². The highest BCUT2D eigenvalue weighted by molar-refractivity contribution is 7.13. The van der Waals surface area contributed by atoms with Crippen molar-refractivity contribution in [2.75, 3.05) is 7.11 Å². The summed E-state index contributed by atoms with van der Waals surface area (Å²) in [5.41, 5.74) is 7.10. The van der Waals surface area contributed by atoms with Gasteiger partial charge in [0.05, 0.1) is 18.3 Å². The number of esters is 1. The molecule has 1 heterocycles. The second kappa shape index (κ2) is 6.68. The van der Waals surface area contributed by atoms with E-state index in [1.165, 1.54) is 31.3 Å². The molecule has 0 spiro atoms. The second-order valence-corrected chi connectivity index (χ2v) is 6.61. The van der Waals surface area contributed by atoms with E-state index in [1.54, 1.807) is 0 Å². The molecular weight excluding hydrogens is 272 g/mol. The van der Waals surface area contributed by atoms with E-state index in [1.807, 2.05) is 0 Å². The summed E-state index contributed by atoms with van der Waals surface area (Å²) in [7, 11) is 1.42. The van der Waals surface area contributed by atoms with Crippen LogP contribution in [0.15, 0.2) is 0 Å². The Labute approximate surface area is 124 Å². The fourth-order valence-corrected chi connectivity index (χ4v) is 3.99. The Bertz CT molecular complexity index is 462. The predicted octanol–water partition coefficient (Wildman–Crippen LogP) is 3.39. The average molecular weight is 296 g/mol. The van der Waals surface area contributed by atoms with E-state index in [0.29, 0.717) is 4.88 Å². The van der Waals surface area contributed by atoms with E-state index in [0.717, 1.165) is 49.2 Å². The monoisotopic (exact) mass is 296 g/mol. The van der Waals surface area contributed by atoms with Crippen LogP contribution in [0.1, 0.15) is 72.2 Å². The number of thiazole rings is 1. The van der Waals surface area contributed by atoms with E-state index >= 15 is 0 Å². The molecule has 1 fully saturated rings. The van der Waals surface area contributed by atoms with Gasteiger partial charge in [-0.1, -0.05) is 39.0 Å². The lowest BCUT2D eigenvalue weighted by molar-refractivity contribution is 0.0605. The topological polar surface area (TPSA) is 65.2 Å². The van der Waals surface area contributed by atoms with Crippen molar-refractivity contribution in [1.29, 1.82) is 0 Å². The first-order chi connectivity index (χ1) is 9.60. The molecule has 0 atom stereocenters. The summed E-state index contributed by atoms with van der Waals surface area (Å²) in [6.07, 6.45) is 8.48. The molecule has 5 heteroatoms. The van der Waals surface area contributed by atoms with Crippen molar-refractivity contribution in [3.63, 3.8) is 0 Å². The third-order valence-electron chi connectivity index (χ3n) is 3.98. The number of nitrogens with two attached hydrogens (primary N) is 1. The van der Waals surface area contributed by atoms with Crippen molar-refractivity contribution in [3.8, 4) is 0 Å². The lowest BCUT2D eigenvalue weighted by Crippen LogP contribution is -2.35. The number of ether oxygens (including phenoxy) is 1. The molecule has 1 saturated carbocycles. The molecule has 0 aromatic carbocycles. The van der Waals surface area contributed by atoms with Crippen molar-refractivity contribution in [1.82, 2.24) is 4.98 Å². The molecule has 4 nitrogen and oxygen atoms in total. The third-order valence-corrected chi connectivity index (χ3v) is 5.27. The van der Waals surface area contributed by atoms with Crippen molar-refractivity contribution in [3.05, 3.63) is 15.6 Å². The number of rotatable bonds is 4. The van der Waals surface area contributed by atoms with Gasteiger partial charge in [-0.05, 0) is 19.3 Å². The summed E-state index contributed by atoms with van der Waals surface area (Å²) in [4.78, 5) is 17.2. The predicted molar refractivity (Wildman–Crippen MR) is 81.0 cm³/mol. The molecule has 1 aliphatic carbocycles. The first-order valence-electron chi connectivity index (χ1n) is 7.48. The normalized spacial score (nSPS) is 18.6. The molecular formula is C15H24N2O2S. The summed E-state index contributed by atoms with van der Waals surface area (Å²) in [6, 6.07) is 0. The van der Waals surface area contributed by atoms with Crippen LogP contribution in [0.25, 0.3) is 0 Å². The molecule has 0 bridgehead atoms. The van der Waals surface area contributed by atoms with Crippen LogP contribution in [0.2, 0.25) is 0 Å². The number of carbonyl (C=O) groups is 1. The van der Waals surface area contributed by atoms with Gasteiger partial charge < -0.3 is 10.5 Å². The van der Waals surface area contributed by atoms with Crippen LogP contribution in [0.3, 0.4) is 0 Å². The average Bonchev–Trinajstić information content (AvgIpc) is 2.74. The Morgan fingerprint density at radius 2 is 2.00 bits per heavy atom. The van der Waals surface area contributed by atoms with Gasteiger partial charge in [-0.3, -0.25) is 0 Å². The molecule has 1 aliphatic rings. The zero-order valence-corrected chi connectivity index (χ0v) is 13.2. The minimum absolute atomic E-state index is 0.283. The van der Waals surface area contributed by atoms with Gasteiger partial charge >= 0.3 is 5.97 Å².